The summed E-state index contributed by atoms with van der Waals surface area (Å²) in [5.74, 6) is 0.0129. The molecule has 4 heteroatoms. The third-order valence-corrected chi connectivity index (χ3v) is 3.75. The van der Waals surface area contributed by atoms with Crippen LogP contribution in [0.1, 0.15) is 18.4 Å². The predicted octanol–water partition coefficient (Wildman–Crippen LogP) is 3.57. The third-order valence-electron chi connectivity index (χ3n) is 3.29. The van der Waals surface area contributed by atoms with Crippen molar-refractivity contribution in [3.8, 4) is 0 Å². The molecule has 1 fully saturated rings. The van der Waals surface area contributed by atoms with E-state index < -0.39 is 0 Å². The molecule has 17 heavy (non-hydrogen) atoms. The molecule has 0 bridgehead atoms. The van der Waals surface area contributed by atoms with Crippen LogP contribution in [0.2, 0.25) is 0 Å². The van der Waals surface area contributed by atoms with Crippen LogP contribution in [0.15, 0.2) is 18.2 Å². The molecule has 0 saturated carbocycles. The highest BCUT2D eigenvalue weighted by molar-refractivity contribution is 9.09. The van der Waals surface area contributed by atoms with Gasteiger partial charge in [0, 0.05) is 24.0 Å². The molecule has 1 heterocycles. The van der Waals surface area contributed by atoms with Crippen molar-refractivity contribution in [2.45, 2.75) is 19.4 Å². The second-order valence-corrected chi connectivity index (χ2v) is 5.40. The Morgan fingerprint density at radius 2 is 2.18 bits per heavy atom. The van der Waals surface area contributed by atoms with Gasteiger partial charge in [-0.2, -0.15) is 0 Å². The van der Waals surface area contributed by atoms with Gasteiger partial charge in [0.1, 0.15) is 11.6 Å². The second kappa shape index (κ2) is 5.91. The van der Waals surface area contributed by atoms with Crippen LogP contribution in [-0.4, -0.2) is 23.3 Å². The molecular formula is C13H16BrF2N. The molecular weight excluding hydrogens is 288 g/mol. The molecule has 1 saturated heterocycles. The van der Waals surface area contributed by atoms with Crippen LogP contribution in [0.25, 0.3) is 0 Å². The summed E-state index contributed by atoms with van der Waals surface area (Å²) in [6.45, 7) is 2.48. The molecule has 1 unspecified atom stereocenters. The molecule has 0 aromatic heterocycles. The van der Waals surface area contributed by atoms with Gasteiger partial charge >= 0.3 is 0 Å². The van der Waals surface area contributed by atoms with Gasteiger partial charge in [-0.3, -0.25) is 4.90 Å². The van der Waals surface area contributed by atoms with E-state index in [0.717, 1.165) is 37.3 Å². The van der Waals surface area contributed by atoms with E-state index in [0.29, 0.717) is 18.0 Å². The number of likely N-dealkylation sites (tertiary alicyclic amines) is 1. The van der Waals surface area contributed by atoms with Gasteiger partial charge in [-0.05, 0) is 43.5 Å². The topological polar surface area (TPSA) is 3.24 Å². The van der Waals surface area contributed by atoms with Gasteiger partial charge in [-0.15, -0.1) is 0 Å². The van der Waals surface area contributed by atoms with E-state index in [9.17, 15) is 8.78 Å². The lowest BCUT2D eigenvalue weighted by Crippen LogP contribution is -2.21. The van der Waals surface area contributed by atoms with Crippen LogP contribution in [0.4, 0.5) is 8.78 Å². The van der Waals surface area contributed by atoms with E-state index in [-0.39, 0.29) is 11.6 Å². The van der Waals surface area contributed by atoms with E-state index >= 15 is 0 Å². The van der Waals surface area contributed by atoms with Gasteiger partial charge in [0.15, 0.2) is 0 Å². The number of nitrogens with zero attached hydrogens (tertiary/aromatic N) is 1. The second-order valence-electron chi connectivity index (χ2n) is 4.60. The standard InChI is InChI=1S/C13H16BrF2N/c14-5-3-10-4-6-17(8-10)9-11-7-12(15)1-2-13(11)16/h1-2,7,10H,3-6,8-9H2. The zero-order chi connectivity index (χ0) is 12.3. The number of rotatable bonds is 4. The van der Waals surface area contributed by atoms with Gasteiger partial charge in [0.2, 0.25) is 0 Å². The molecule has 1 nitrogen and oxygen atoms in total. The molecule has 0 aliphatic carbocycles. The smallest absolute Gasteiger partial charge is 0.127 e. The summed E-state index contributed by atoms with van der Waals surface area (Å²) < 4.78 is 26.5. The van der Waals surface area contributed by atoms with E-state index in [1.165, 1.54) is 12.1 Å². The fraction of sp³-hybridized carbons (Fsp3) is 0.538. The first-order chi connectivity index (χ1) is 8.19. The largest absolute Gasteiger partial charge is 0.299 e. The summed E-state index contributed by atoms with van der Waals surface area (Å²) in [6.07, 6.45) is 2.31. The minimum atomic E-state index is -0.363. The highest BCUT2D eigenvalue weighted by atomic mass is 79.9. The van der Waals surface area contributed by atoms with Crippen LogP contribution >= 0.6 is 15.9 Å². The fourth-order valence-electron chi connectivity index (χ4n) is 2.35. The molecule has 1 aromatic rings. The van der Waals surface area contributed by atoms with E-state index in [2.05, 4.69) is 20.8 Å². The van der Waals surface area contributed by atoms with Crippen molar-refractivity contribution in [1.82, 2.24) is 4.90 Å². The van der Waals surface area contributed by atoms with Crippen molar-refractivity contribution >= 4 is 15.9 Å². The lowest BCUT2D eigenvalue weighted by Gasteiger charge is -2.16. The van der Waals surface area contributed by atoms with Crippen molar-refractivity contribution in [3.63, 3.8) is 0 Å². The fourth-order valence-corrected chi connectivity index (χ4v) is 3.00. The lowest BCUT2D eigenvalue weighted by molar-refractivity contribution is 0.310. The number of hydrogen-bond donors (Lipinski definition) is 0. The average molecular weight is 304 g/mol. The Kier molecular flexibility index (Phi) is 4.51. The Labute approximate surface area is 109 Å². The number of alkyl halides is 1. The number of benzene rings is 1. The van der Waals surface area contributed by atoms with Gasteiger partial charge < -0.3 is 0 Å². The van der Waals surface area contributed by atoms with Crippen LogP contribution in [0.5, 0.6) is 0 Å². The van der Waals surface area contributed by atoms with Gasteiger partial charge in [-0.25, -0.2) is 8.78 Å². The summed E-state index contributed by atoms with van der Waals surface area (Å²) in [4.78, 5) is 2.20. The maximum Gasteiger partial charge on any atom is 0.127 e. The van der Waals surface area contributed by atoms with Crippen molar-refractivity contribution in [1.29, 1.82) is 0 Å². The maximum atomic E-state index is 13.5. The quantitative estimate of drug-likeness (QED) is 0.769. The maximum absolute atomic E-state index is 13.5. The van der Waals surface area contributed by atoms with Crippen LogP contribution in [0, 0.1) is 17.6 Å². The Bertz CT molecular complexity index is 384. The first-order valence-electron chi connectivity index (χ1n) is 5.91. The molecule has 1 atom stereocenters. The van der Waals surface area contributed by atoms with Gasteiger partial charge in [0.25, 0.3) is 0 Å². The van der Waals surface area contributed by atoms with Crippen LogP contribution in [0.3, 0.4) is 0 Å². The monoisotopic (exact) mass is 303 g/mol. The molecule has 0 N–H and O–H groups in total. The van der Waals surface area contributed by atoms with Crippen LogP contribution in [-0.2, 0) is 6.54 Å². The molecule has 0 amide bonds. The SMILES string of the molecule is Fc1ccc(F)c(CN2CCC(CCBr)C2)c1. The minimum Gasteiger partial charge on any atom is -0.299 e. The Morgan fingerprint density at radius 3 is 2.94 bits per heavy atom. The highest BCUT2D eigenvalue weighted by Crippen LogP contribution is 2.23. The normalized spacial score (nSPS) is 21.0. The summed E-state index contributed by atoms with van der Waals surface area (Å²) >= 11 is 3.44. The number of halogens is 3. The summed E-state index contributed by atoms with van der Waals surface area (Å²) in [5, 5.41) is 1.01. The average Bonchev–Trinajstić information content (AvgIpc) is 2.72. The summed E-state index contributed by atoms with van der Waals surface area (Å²) in [5.41, 5.74) is 0.462. The first kappa shape index (κ1) is 13.0. The minimum absolute atomic E-state index is 0.310. The van der Waals surface area contributed by atoms with Crippen molar-refractivity contribution in [2.75, 3.05) is 18.4 Å². The van der Waals surface area contributed by atoms with Crippen molar-refractivity contribution in [2.24, 2.45) is 5.92 Å². The Balaban J connectivity index is 1.95. The zero-order valence-corrected chi connectivity index (χ0v) is 11.2. The van der Waals surface area contributed by atoms with Crippen LogP contribution < -0.4 is 0 Å². The first-order valence-corrected chi connectivity index (χ1v) is 7.03. The molecule has 1 aliphatic heterocycles. The predicted molar refractivity (Wildman–Crippen MR) is 68.2 cm³/mol. The molecule has 1 aromatic carbocycles. The highest BCUT2D eigenvalue weighted by Gasteiger charge is 2.22. The van der Waals surface area contributed by atoms with E-state index in [1.807, 2.05) is 0 Å². The summed E-state index contributed by atoms with van der Waals surface area (Å²) in [6, 6.07) is 3.67. The molecule has 0 spiro atoms. The van der Waals surface area contributed by atoms with Crippen molar-refractivity contribution in [3.05, 3.63) is 35.4 Å². The molecule has 1 aliphatic rings. The Hall–Kier alpha value is -0.480. The third kappa shape index (κ3) is 3.49. The Morgan fingerprint density at radius 1 is 1.35 bits per heavy atom. The zero-order valence-electron chi connectivity index (χ0n) is 9.63. The van der Waals surface area contributed by atoms with Gasteiger partial charge in [0.05, 0.1) is 0 Å². The van der Waals surface area contributed by atoms with E-state index in [4.69, 9.17) is 0 Å². The molecule has 0 radical (unpaired) electrons. The summed E-state index contributed by atoms with van der Waals surface area (Å²) in [7, 11) is 0. The van der Waals surface area contributed by atoms with Crippen molar-refractivity contribution < 1.29 is 8.78 Å². The van der Waals surface area contributed by atoms with Gasteiger partial charge in [-0.1, -0.05) is 15.9 Å². The van der Waals surface area contributed by atoms with E-state index in [1.54, 1.807) is 0 Å². The number of hydrogen-bond acceptors (Lipinski definition) is 1. The molecule has 2 rings (SSSR count). The lowest BCUT2D eigenvalue weighted by atomic mass is 10.1. The molecule has 94 valence electrons.